The maximum absolute atomic E-state index is 12.1. The van der Waals surface area contributed by atoms with E-state index in [1.54, 1.807) is 46.4 Å². The Morgan fingerprint density at radius 1 is 1.19 bits per heavy atom. The largest absolute Gasteiger partial charge is 0.293 e. The minimum Gasteiger partial charge on any atom is -0.293 e. The highest BCUT2D eigenvalue weighted by Crippen LogP contribution is 2.19. The molecular formula is C17H14ClN7O. The van der Waals surface area contributed by atoms with Gasteiger partial charge in [-0.3, -0.25) is 14.3 Å². The molecule has 0 aromatic carbocycles. The summed E-state index contributed by atoms with van der Waals surface area (Å²) in [6, 6.07) is 6.80. The molecule has 0 aliphatic heterocycles. The van der Waals surface area contributed by atoms with E-state index in [0.717, 1.165) is 11.3 Å². The van der Waals surface area contributed by atoms with Crippen molar-refractivity contribution in [3.63, 3.8) is 0 Å². The Hall–Kier alpha value is -3.26. The molecule has 9 heteroatoms. The average molecular weight is 368 g/mol. The van der Waals surface area contributed by atoms with Crippen molar-refractivity contribution in [2.24, 2.45) is 0 Å². The normalized spacial score (nSPS) is 12.2. The number of hydrogen-bond acceptors (Lipinski definition) is 5. The van der Waals surface area contributed by atoms with Crippen LogP contribution in [0.4, 0.5) is 0 Å². The van der Waals surface area contributed by atoms with Crippen LogP contribution in [0.25, 0.3) is 16.9 Å². The standard InChI is InChI=1S/C17H14ClN7O/c1-12(23-6-3-14(18)8-17(23)26)25-11-16(21-22-25)13-7-15(10-19-9-13)24-5-2-4-20-24/h2-12H,1H3. The molecule has 1 unspecified atom stereocenters. The predicted octanol–water partition coefficient (Wildman–Crippen LogP) is 2.41. The minimum absolute atomic E-state index is 0.204. The topological polar surface area (TPSA) is 83.4 Å². The zero-order valence-corrected chi connectivity index (χ0v) is 14.5. The van der Waals surface area contributed by atoms with Gasteiger partial charge >= 0.3 is 0 Å². The van der Waals surface area contributed by atoms with Gasteiger partial charge in [0.25, 0.3) is 5.56 Å². The Morgan fingerprint density at radius 3 is 2.85 bits per heavy atom. The molecule has 0 radical (unpaired) electrons. The lowest BCUT2D eigenvalue weighted by Gasteiger charge is -2.14. The molecule has 0 saturated heterocycles. The zero-order valence-electron chi connectivity index (χ0n) is 13.8. The SMILES string of the molecule is CC(n1cc(-c2cncc(-n3cccn3)c2)nn1)n1ccc(Cl)cc1=O. The molecule has 4 heterocycles. The Labute approximate surface area is 153 Å². The number of pyridine rings is 2. The van der Waals surface area contributed by atoms with Gasteiger partial charge in [0.2, 0.25) is 0 Å². The van der Waals surface area contributed by atoms with Crippen LogP contribution in [0.3, 0.4) is 0 Å². The molecule has 4 aromatic heterocycles. The van der Waals surface area contributed by atoms with Crippen LogP contribution in [0.1, 0.15) is 13.1 Å². The lowest BCUT2D eigenvalue weighted by Crippen LogP contribution is -2.26. The number of rotatable bonds is 4. The fourth-order valence-corrected chi connectivity index (χ4v) is 2.76. The number of halogens is 1. The molecule has 0 N–H and O–H groups in total. The van der Waals surface area contributed by atoms with Gasteiger partial charge in [-0.05, 0) is 25.1 Å². The molecular weight excluding hydrogens is 354 g/mol. The number of hydrogen-bond donors (Lipinski definition) is 0. The Morgan fingerprint density at radius 2 is 2.08 bits per heavy atom. The molecule has 4 aromatic rings. The van der Waals surface area contributed by atoms with Gasteiger partial charge in [0, 0.05) is 41.4 Å². The molecule has 0 fully saturated rings. The third-order valence-electron chi connectivity index (χ3n) is 3.99. The van der Waals surface area contributed by atoms with Crippen LogP contribution >= 0.6 is 11.6 Å². The maximum atomic E-state index is 12.1. The van der Waals surface area contributed by atoms with Crippen molar-refractivity contribution < 1.29 is 0 Å². The smallest absolute Gasteiger partial charge is 0.253 e. The predicted molar refractivity (Wildman–Crippen MR) is 96.2 cm³/mol. The fraction of sp³-hybridized carbons (Fsp3) is 0.118. The van der Waals surface area contributed by atoms with Crippen molar-refractivity contribution in [3.05, 3.63) is 76.8 Å². The highest BCUT2D eigenvalue weighted by atomic mass is 35.5. The third-order valence-corrected chi connectivity index (χ3v) is 4.23. The van der Waals surface area contributed by atoms with Gasteiger partial charge in [-0.25, -0.2) is 9.36 Å². The zero-order chi connectivity index (χ0) is 18.1. The van der Waals surface area contributed by atoms with Gasteiger partial charge in [-0.2, -0.15) is 5.10 Å². The van der Waals surface area contributed by atoms with E-state index in [4.69, 9.17) is 11.6 Å². The van der Waals surface area contributed by atoms with Crippen LogP contribution in [0.5, 0.6) is 0 Å². The summed E-state index contributed by atoms with van der Waals surface area (Å²) >= 11 is 5.85. The minimum atomic E-state index is -0.344. The molecule has 0 aliphatic carbocycles. The van der Waals surface area contributed by atoms with E-state index in [2.05, 4.69) is 20.4 Å². The Bertz CT molecular complexity index is 1100. The van der Waals surface area contributed by atoms with Gasteiger partial charge in [0.15, 0.2) is 0 Å². The lowest BCUT2D eigenvalue weighted by molar-refractivity contribution is 0.405. The second kappa shape index (κ2) is 6.57. The number of aromatic nitrogens is 7. The van der Waals surface area contributed by atoms with Gasteiger partial charge in [0.05, 0.1) is 18.1 Å². The Kier molecular flexibility index (Phi) is 4.10. The summed E-state index contributed by atoms with van der Waals surface area (Å²) in [4.78, 5) is 16.4. The van der Waals surface area contributed by atoms with E-state index in [1.807, 2.05) is 25.3 Å². The van der Waals surface area contributed by atoms with E-state index in [0.29, 0.717) is 10.7 Å². The van der Waals surface area contributed by atoms with Crippen LogP contribution in [0.2, 0.25) is 5.02 Å². The van der Waals surface area contributed by atoms with Crippen molar-refractivity contribution in [1.82, 2.24) is 34.3 Å². The summed E-state index contributed by atoms with van der Waals surface area (Å²) < 4.78 is 4.87. The van der Waals surface area contributed by atoms with Gasteiger partial charge in [0.1, 0.15) is 11.9 Å². The van der Waals surface area contributed by atoms with E-state index >= 15 is 0 Å². The molecule has 130 valence electrons. The van der Waals surface area contributed by atoms with Crippen molar-refractivity contribution >= 4 is 11.6 Å². The molecule has 0 amide bonds. The van der Waals surface area contributed by atoms with Crippen LogP contribution in [0.15, 0.2) is 66.2 Å². The summed E-state index contributed by atoms with van der Waals surface area (Å²) in [5.74, 6) is 0. The summed E-state index contributed by atoms with van der Waals surface area (Å²) in [7, 11) is 0. The lowest BCUT2D eigenvalue weighted by atomic mass is 10.2. The van der Waals surface area contributed by atoms with Crippen LogP contribution in [0, 0.1) is 0 Å². The summed E-state index contributed by atoms with van der Waals surface area (Å²) in [5, 5.41) is 13.0. The van der Waals surface area contributed by atoms with Crippen molar-refractivity contribution in [1.29, 1.82) is 0 Å². The van der Waals surface area contributed by atoms with Gasteiger partial charge < -0.3 is 0 Å². The van der Waals surface area contributed by atoms with Gasteiger partial charge in [-0.15, -0.1) is 5.10 Å². The fourth-order valence-electron chi connectivity index (χ4n) is 2.61. The second-order valence-electron chi connectivity index (χ2n) is 5.69. The third kappa shape index (κ3) is 3.02. The van der Waals surface area contributed by atoms with E-state index in [-0.39, 0.29) is 11.7 Å². The molecule has 26 heavy (non-hydrogen) atoms. The summed E-state index contributed by atoms with van der Waals surface area (Å²) in [6.07, 6.45) is 10.0. The quantitative estimate of drug-likeness (QED) is 0.553. The average Bonchev–Trinajstić information content (AvgIpc) is 3.33. The molecule has 0 aliphatic rings. The molecule has 8 nitrogen and oxygen atoms in total. The Balaban J connectivity index is 1.66. The van der Waals surface area contributed by atoms with Crippen molar-refractivity contribution in [3.8, 4) is 16.9 Å². The molecule has 1 atom stereocenters. The molecule has 0 bridgehead atoms. The van der Waals surface area contributed by atoms with Crippen LogP contribution in [-0.4, -0.2) is 34.3 Å². The van der Waals surface area contributed by atoms with Crippen molar-refractivity contribution in [2.45, 2.75) is 13.1 Å². The maximum Gasteiger partial charge on any atom is 0.253 e. The van der Waals surface area contributed by atoms with E-state index in [9.17, 15) is 4.79 Å². The molecule has 0 saturated carbocycles. The van der Waals surface area contributed by atoms with Crippen molar-refractivity contribution in [2.75, 3.05) is 0 Å². The van der Waals surface area contributed by atoms with E-state index in [1.165, 1.54) is 10.6 Å². The summed E-state index contributed by atoms with van der Waals surface area (Å²) in [5.41, 5.74) is 2.08. The first-order chi connectivity index (χ1) is 12.6. The highest BCUT2D eigenvalue weighted by Gasteiger charge is 2.13. The first-order valence-electron chi connectivity index (χ1n) is 7.87. The molecule has 0 spiro atoms. The first-order valence-corrected chi connectivity index (χ1v) is 8.24. The van der Waals surface area contributed by atoms with E-state index < -0.39 is 0 Å². The highest BCUT2D eigenvalue weighted by molar-refractivity contribution is 6.30. The second-order valence-corrected chi connectivity index (χ2v) is 6.13. The first kappa shape index (κ1) is 16.2. The van der Waals surface area contributed by atoms with Crippen LogP contribution < -0.4 is 5.56 Å². The molecule has 4 rings (SSSR count). The number of nitrogens with zero attached hydrogens (tertiary/aromatic N) is 7. The summed E-state index contributed by atoms with van der Waals surface area (Å²) in [6.45, 7) is 1.85. The monoisotopic (exact) mass is 367 g/mol. The van der Waals surface area contributed by atoms with Crippen LogP contribution in [-0.2, 0) is 0 Å². The van der Waals surface area contributed by atoms with Gasteiger partial charge in [-0.1, -0.05) is 16.8 Å².